The van der Waals surface area contributed by atoms with Gasteiger partial charge >= 0.3 is 6.36 Å². The van der Waals surface area contributed by atoms with Crippen LogP contribution >= 0.6 is 12.2 Å². The number of hydrogen-bond donors (Lipinski definition) is 1. The normalized spacial score (nSPS) is 15.5. The van der Waals surface area contributed by atoms with Gasteiger partial charge in [0.2, 0.25) is 0 Å². The highest BCUT2D eigenvalue weighted by molar-refractivity contribution is 7.80. The lowest BCUT2D eigenvalue weighted by Gasteiger charge is -2.15. The number of ether oxygens (including phenoxy) is 1. The highest BCUT2D eigenvalue weighted by Gasteiger charge is 2.33. The number of thiocarbonyl (C=S) groups is 1. The first-order chi connectivity index (χ1) is 14.7. The third-order valence-electron chi connectivity index (χ3n) is 4.16. The van der Waals surface area contributed by atoms with Crippen LogP contribution in [0, 0.1) is 5.82 Å². The molecule has 0 bridgehead atoms. The van der Waals surface area contributed by atoms with Crippen molar-refractivity contribution < 1.29 is 27.1 Å². The number of hydrogen-bond acceptors (Lipinski definition) is 5. The minimum atomic E-state index is -4.82. The number of benzene rings is 2. The topological polar surface area (TPSA) is 72.3 Å². The van der Waals surface area contributed by atoms with E-state index in [1.54, 1.807) is 6.07 Å². The first kappa shape index (κ1) is 20.5. The van der Waals surface area contributed by atoms with E-state index in [2.05, 4.69) is 20.1 Å². The van der Waals surface area contributed by atoms with Crippen LogP contribution in [0.3, 0.4) is 0 Å². The first-order valence-electron chi connectivity index (χ1n) is 8.59. The van der Waals surface area contributed by atoms with Gasteiger partial charge in [0.1, 0.15) is 35.6 Å². The van der Waals surface area contributed by atoms with Crippen molar-refractivity contribution in [2.45, 2.75) is 6.36 Å². The summed E-state index contributed by atoms with van der Waals surface area (Å²) in [6, 6.07) is 8.94. The number of amides is 1. The number of rotatable bonds is 4. The number of nitrogens with zero attached hydrogens (tertiary/aromatic N) is 4. The van der Waals surface area contributed by atoms with Crippen LogP contribution in [0.5, 0.6) is 5.75 Å². The first-order valence-corrected chi connectivity index (χ1v) is 8.99. The second-order valence-electron chi connectivity index (χ2n) is 6.22. The van der Waals surface area contributed by atoms with E-state index in [9.17, 15) is 22.4 Å². The monoisotopic (exact) mass is 449 g/mol. The van der Waals surface area contributed by atoms with Crippen LogP contribution in [0.25, 0.3) is 11.8 Å². The Morgan fingerprint density at radius 3 is 2.48 bits per heavy atom. The third-order valence-corrected chi connectivity index (χ3v) is 4.44. The molecule has 12 heteroatoms. The van der Waals surface area contributed by atoms with Gasteiger partial charge in [-0.1, -0.05) is 6.07 Å². The van der Waals surface area contributed by atoms with Crippen molar-refractivity contribution in [1.29, 1.82) is 0 Å². The summed E-state index contributed by atoms with van der Waals surface area (Å²) < 4.78 is 56.4. The molecule has 7 nitrogen and oxygen atoms in total. The Hall–Kier alpha value is -3.80. The summed E-state index contributed by atoms with van der Waals surface area (Å²) in [5.41, 5.74) is 0.890. The van der Waals surface area contributed by atoms with Gasteiger partial charge in [0.15, 0.2) is 5.11 Å². The van der Waals surface area contributed by atoms with E-state index in [0.717, 1.165) is 17.0 Å². The fraction of sp³-hybridized carbons (Fsp3) is 0.0526. The molecule has 2 heterocycles. The molecule has 0 spiro atoms. The van der Waals surface area contributed by atoms with E-state index >= 15 is 0 Å². The molecule has 3 aromatic rings. The van der Waals surface area contributed by atoms with E-state index in [1.165, 1.54) is 47.7 Å². The van der Waals surface area contributed by atoms with Gasteiger partial charge in [-0.2, -0.15) is 5.10 Å². The average molecular weight is 449 g/mol. The summed E-state index contributed by atoms with van der Waals surface area (Å²) in [5, 5.41) is 6.61. The lowest BCUT2D eigenvalue weighted by Crippen LogP contribution is -2.30. The smallest absolute Gasteiger partial charge is 0.406 e. The molecule has 2 aromatic carbocycles. The minimum absolute atomic E-state index is 0.0282. The summed E-state index contributed by atoms with van der Waals surface area (Å²) in [4.78, 5) is 17.6. The molecule has 158 valence electrons. The summed E-state index contributed by atoms with van der Waals surface area (Å²) >= 11 is 5.16. The molecule has 4 rings (SSSR count). The maximum atomic E-state index is 14.4. The predicted octanol–water partition coefficient (Wildman–Crippen LogP) is 3.57. The van der Waals surface area contributed by atoms with E-state index in [0.29, 0.717) is 5.56 Å². The molecule has 1 aliphatic rings. The Labute approximate surface area is 177 Å². The van der Waals surface area contributed by atoms with Crippen LogP contribution in [-0.4, -0.2) is 32.1 Å². The van der Waals surface area contributed by atoms with Crippen molar-refractivity contribution in [3.8, 4) is 11.4 Å². The van der Waals surface area contributed by atoms with E-state index in [1.807, 2.05) is 0 Å². The van der Waals surface area contributed by atoms with Gasteiger partial charge < -0.3 is 10.1 Å². The van der Waals surface area contributed by atoms with Gasteiger partial charge in [-0.15, -0.1) is 13.2 Å². The quantitative estimate of drug-likeness (QED) is 0.373. The van der Waals surface area contributed by atoms with Crippen molar-refractivity contribution in [2.75, 3.05) is 4.90 Å². The van der Waals surface area contributed by atoms with Crippen molar-refractivity contribution in [3.05, 3.63) is 72.2 Å². The lowest BCUT2D eigenvalue weighted by atomic mass is 10.1. The highest BCUT2D eigenvalue weighted by atomic mass is 32.1. The zero-order chi connectivity index (χ0) is 22.2. The largest absolute Gasteiger partial charge is 0.573 e. The number of halogens is 4. The van der Waals surface area contributed by atoms with Crippen molar-refractivity contribution >= 4 is 35.0 Å². The molecule has 0 saturated carbocycles. The maximum Gasteiger partial charge on any atom is 0.573 e. The molecule has 1 amide bonds. The number of alkyl halides is 3. The Morgan fingerprint density at radius 1 is 1.13 bits per heavy atom. The van der Waals surface area contributed by atoms with E-state index in [4.69, 9.17) is 12.2 Å². The lowest BCUT2D eigenvalue weighted by molar-refractivity contribution is -0.274. The SMILES string of the molecule is O=C1C(=Cc2ccc(-n3cncn3)c(F)c2)NC(=S)N1c1ccc(OC(F)(F)F)cc1. The van der Waals surface area contributed by atoms with Gasteiger partial charge in [-0.25, -0.2) is 14.1 Å². The van der Waals surface area contributed by atoms with E-state index in [-0.39, 0.29) is 22.2 Å². The Kier molecular flexibility index (Phi) is 5.15. The van der Waals surface area contributed by atoms with Crippen LogP contribution < -0.4 is 15.0 Å². The standard InChI is InChI=1S/C19H11F4N5O2S/c20-14-7-11(1-6-16(14)27-10-24-9-25-27)8-15-17(29)28(18(31)26-15)12-2-4-13(5-3-12)30-19(21,22)23/h1-10H,(H,26,31). The van der Waals surface area contributed by atoms with Gasteiger partial charge in [-0.3, -0.25) is 9.69 Å². The Bertz CT molecular complexity index is 1180. The van der Waals surface area contributed by atoms with Crippen LogP contribution in [0.2, 0.25) is 0 Å². The fourth-order valence-corrected chi connectivity index (χ4v) is 3.16. The Morgan fingerprint density at radius 2 is 1.87 bits per heavy atom. The van der Waals surface area contributed by atoms with Crippen molar-refractivity contribution in [1.82, 2.24) is 20.1 Å². The van der Waals surface area contributed by atoms with Gasteiger partial charge in [0, 0.05) is 0 Å². The minimum Gasteiger partial charge on any atom is -0.406 e. The van der Waals surface area contributed by atoms with Crippen molar-refractivity contribution in [3.63, 3.8) is 0 Å². The molecule has 1 aliphatic heterocycles. The highest BCUT2D eigenvalue weighted by Crippen LogP contribution is 2.28. The summed E-state index contributed by atoms with van der Waals surface area (Å²) in [6.07, 6.45) is -0.797. The van der Waals surface area contributed by atoms with Crippen LogP contribution in [0.15, 0.2) is 60.8 Å². The number of aromatic nitrogens is 3. The number of carbonyl (C=O) groups excluding carboxylic acids is 1. The predicted molar refractivity (Wildman–Crippen MR) is 106 cm³/mol. The average Bonchev–Trinajstić information content (AvgIpc) is 3.31. The van der Waals surface area contributed by atoms with Crippen LogP contribution in [0.1, 0.15) is 5.56 Å². The van der Waals surface area contributed by atoms with Gasteiger partial charge in [-0.05, 0) is 60.3 Å². The molecule has 1 aromatic heterocycles. The zero-order valence-corrected chi connectivity index (χ0v) is 16.1. The molecular weight excluding hydrogens is 438 g/mol. The molecule has 0 aliphatic carbocycles. The second-order valence-corrected chi connectivity index (χ2v) is 6.61. The third kappa shape index (κ3) is 4.38. The molecule has 0 atom stereocenters. The van der Waals surface area contributed by atoms with Gasteiger partial charge in [0.25, 0.3) is 5.91 Å². The molecular formula is C19H11F4N5O2S. The second kappa shape index (κ2) is 7.80. The molecule has 0 radical (unpaired) electrons. The fourth-order valence-electron chi connectivity index (χ4n) is 2.86. The van der Waals surface area contributed by atoms with E-state index < -0.39 is 23.8 Å². The molecule has 1 fully saturated rings. The maximum absolute atomic E-state index is 14.4. The van der Waals surface area contributed by atoms with Gasteiger partial charge in [0.05, 0.1) is 5.69 Å². The molecule has 0 unspecified atom stereocenters. The molecule has 1 saturated heterocycles. The molecule has 31 heavy (non-hydrogen) atoms. The summed E-state index contributed by atoms with van der Waals surface area (Å²) in [7, 11) is 0. The van der Waals surface area contributed by atoms with Crippen molar-refractivity contribution in [2.24, 2.45) is 0 Å². The number of nitrogens with one attached hydrogen (secondary N) is 1. The molecule has 1 N–H and O–H groups in total. The Balaban J connectivity index is 1.55. The summed E-state index contributed by atoms with van der Waals surface area (Å²) in [5.74, 6) is -1.55. The van der Waals surface area contributed by atoms with Crippen LogP contribution in [-0.2, 0) is 4.79 Å². The van der Waals surface area contributed by atoms with Crippen LogP contribution in [0.4, 0.5) is 23.2 Å². The zero-order valence-electron chi connectivity index (χ0n) is 15.3. The summed E-state index contributed by atoms with van der Waals surface area (Å²) in [6.45, 7) is 0. The number of anilines is 1. The number of carbonyl (C=O) groups is 1.